The molecule has 1 aliphatic rings. The molecule has 0 spiro atoms. The molecule has 0 saturated heterocycles. The van der Waals surface area contributed by atoms with Crippen LogP contribution in [0.5, 0.6) is 0 Å². The minimum Gasteiger partial charge on any atom is -0.467 e. The number of allylic oxidation sites excluding steroid dienone is 1. The molecule has 146 valence electrons. The van der Waals surface area contributed by atoms with Gasteiger partial charge in [-0.1, -0.05) is 12.2 Å². The lowest BCUT2D eigenvalue weighted by atomic mass is 10.2. The number of nitrogens with zero attached hydrogens (tertiary/aromatic N) is 4. The minimum atomic E-state index is -3.83. The maximum Gasteiger partial charge on any atom is 0.370 e. The van der Waals surface area contributed by atoms with Gasteiger partial charge in [0.15, 0.2) is 11.5 Å². The molecule has 12 heteroatoms. The van der Waals surface area contributed by atoms with Crippen molar-refractivity contribution in [1.29, 1.82) is 0 Å². The molecule has 27 heavy (non-hydrogen) atoms. The fraction of sp³-hybridized carbons (Fsp3) is 0.467. The zero-order valence-corrected chi connectivity index (χ0v) is 15.9. The number of fused-ring (bicyclic) bond motifs is 1. The summed E-state index contributed by atoms with van der Waals surface area (Å²) < 4.78 is 34.6. The van der Waals surface area contributed by atoms with Gasteiger partial charge < -0.3 is 28.8 Å². The zero-order chi connectivity index (χ0) is 19.6. The number of aromatic nitrogens is 4. The molecule has 2 N–H and O–H groups in total. The van der Waals surface area contributed by atoms with Crippen LogP contribution in [0.3, 0.4) is 0 Å². The summed E-state index contributed by atoms with van der Waals surface area (Å²) in [5.41, 5.74) is 6.90. The van der Waals surface area contributed by atoms with Crippen LogP contribution in [-0.2, 0) is 27.9 Å². The summed E-state index contributed by atoms with van der Waals surface area (Å²) in [5.74, 6) is -2.05. The van der Waals surface area contributed by atoms with Crippen LogP contribution in [0.1, 0.15) is 12.5 Å². The molecule has 2 aromatic heterocycles. The van der Waals surface area contributed by atoms with Crippen molar-refractivity contribution in [3.8, 4) is 0 Å². The van der Waals surface area contributed by atoms with Crippen molar-refractivity contribution in [3.05, 3.63) is 24.8 Å². The molecule has 0 saturated carbocycles. The Morgan fingerprint density at radius 1 is 1.26 bits per heavy atom. The SMILES string of the molecule is COC(=O)C(O[C@@H]1C=C[C@H](n2cnc3c(N)ncnc32)C1)P(=O)(OC)OC. The van der Waals surface area contributed by atoms with Gasteiger partial charge in [-0.2, -0.15) is 0 Å². The van der Waals surface area contributed by atoms with Gasteiger partial charge in [0.2, 0.25) is 0 Å². The van der Waals surface area contributed by atoms with Gasteiger partial charge in [-0.05, 0) is 0 Å². The molecule has 0 bridgehead atoms. The fourth-order valence-electron chi connectivity index (χ4n) is 2.86. The predicted molar refractivity (Wildman–Crippen MR) is 94.8 cm³/mol. The number of anilines is 1. The molecule has 2 aromatic rings. The second-order valence-corrected chi connectivity index (χ2v) is 8.00. The van der Waals surface area contributed by atoms with Crippen molar-refractivity contribution >= 4 is 30.5 Å². The van der Waals surface area contributed by atoms with E-state index in [1.807, 2.05) is 10.6 Å². The number of methoxy groups -OCH3 is 1. The molecule has 3 rings (SSSR count). The van der Waals surface area contributed by atoms with Gasteiger partial charge in [0.05, 0.1) is 25.6 Å². The molecular weight excluding hydrogens is 377 g/mol. The quantitative estimate of drug-likeness (QED) is 0.412. The number of esters is 1. The second kappa shape index (κ2) is 7.73. The lowest BCUT2D eigenvalue weighted by Crippen LogP contribution is -2.30. The molecule has 1 aliphatic carbocycles. The minimum absolute atomic E-state index is 0.142. The molecule has 3 atom stereocenters. The summed E-state index contributed by atoms with van der Waals surface area (Å²) in [6.07, 6.45) is 6.55. The van der Waals surface area contributed by atoms with E-state index in [-0.39, 0.29) is 6.04 Å². The van der Waals surface area contributed by atoms with Crippen LogP contribution in [0.2, 0.25) is 0 Å². The first-order chi connectivity index (χ1) is 12.9. The first-order valence-electron chi connectivity index (χ1n) is 7.99. The lowest BCUT2D eigenvalue weighted by molar-refractivity contribution is -0.151. The van der Waals surface area contributed by atoms with E-state index in [2.05, 4.69) is 19.7 Å². The Balaban J connectivity index is 1.79. The number of ether oxygens (including phenoxy) is 2. The van der Waals surface area contributed by atoms with Gasteiger partial charge in [0, 0.05) is 20.6 Å². The van der Waals surface area contributed by atoms with E-state index >= 15 is 0 Å². The van der Waals surface area contributed by atoms with Crippen LogP contribution in [-0.4, -0.2) is 58.8 Å². The number of carbonyl (C=O) groups is 1. The highest BCUT2D eigenvalue weighted by molar-refractivity contribution is 7.55. The van der Waals surface area contributed by atoms with Gasteiger partial charge in [-0.25, -0.2) is 19.7 Å². The summed E-state index contributed by atoms with van der Waals surface area (Å²) in [6, 6.07) is -0.142. The average Bonchev–Trinajstić information content (AvgIpc) is 3.32. The Morgan fingerprint density at radius 3 is 2.67 bits per heavy atom. The summed E-state index contributed by atoms with van der Waals surface area (Å²) in [6.45, 7) is 0. The number of hydrogen-bond donors (Lipinski definition) is 1. The number of carbonyl (C=O) groups excluding carboxylic acids is 1. The van der Waals surface area contributed by atoms with Crippen LogP contribution in [0.4, 0.5) is 5.82 Å². The Labute approximate surface area is 155 Å². The van der Waals surface area contributed by atoms with Crippen molar-refractivity contribution in [2.75, 3.05) is 27.1 Å². The largest absolute Gasteiger partial charge is 0.467 e. The van der Waals surface area contributed by atoms with Crippen LogP contribution < -0.4 is 5.73 Å². The second-order valence-electron chi connectivity index (χ2n) is 5.73. The molecule has 0 amide bonds. The van der Waals surface area contributed by atoms with Crippen LogP contribution in [0, 0.1) is 0 Å². The molecule has 0 fully saturated rings. The molecule has 2 heterocycles. The molecule has 0 aromatic carbocycles. The van der Waals surface area contributed by atoms with E-state index in [0.29, 0.717) is 23.4 Å². The Morgan fingerprint density at radius 2 is 2.00 bits per heavy atom. The normalized spacial score (nSPS) is 20.9. The maximum absolute atomic E-state index is 12.6. The van der Waals surface area contributed by atoms with Crippen molar-refractivity contribution in [2.24, 2.45) is 0 Å². The van der Waals surface area contributed by atoms with Crippen molar-refractivity contribution in [3.63, 3.8) is 0 Å². The molecule has 0 aliphatic heterocycles. The number of nitrogens with two attached hydrogens (primary N) is 1. The highest BCUT2D eigenvalue weighted by atomic mass is 31.2. The third-order valence-corrected chi connectivity index (χ3v) is 6.19. The average molecular weight is 397 g/mol. The smallest absolute Gasteiger partial charge is 0.370 e. The zero-order valence-electron chi connectivity index (χ0n) is 15.0. The van der Waals surface area contributed by atoms with Gasteiger partial charge in [0.1, 0.15) is 11.8 Å². The van der Waals surface area contributed by atoms with E-state index in [1.54, 1.807) is 12.4 Å². The predicted octanol–water partition coefficient (Wildman–Crippen LogP) is 1.28. The lowest BCUT2D eigenvalue weighted by Gasteiger charge is -2.25. The number of nitrogen functional groups attached to an aromatic ring is 1. The van der Waals surface area contributed by atoms with E-state index in [4.69, 9.17) is 19.5 Å². The number of rotatable bonds is 7. The van der Waals surface area contributed by atoms with Crippen LogP contribution in [0.25, 0.3) is 11.2 Å². The van der Waals surface area contributed by atoms with E-state index in [9.17, 15) is 9.36 Å². The first kappa shape index (κ1) is 19.4. The summed E-state index contributed by atoms with van der Waals surface area (Å²) in [7, 11) is -0.300. The van der Waals surface area contributed by atoms with E-state index < -0.39 is 25.5 Å². The highest BCUT2D eigenvalue weighted by Gasteiger charge is 2.44. The van der Waals surface area contributed by atoms with E-state index in [0.717, 1.165) is 0 Å². The monoisotopic (exact) mass is 397 g/mol. The third kappa shape index (κ3) is 3.59. The third-order valence-electron chi connectivity index (χ3n) is 4.27. The summed E-state index contributed by atoms with van der Waals surface area (Å²) >= 11 is 0. The fourth-order valence-corrected chi connectivity index (χ4v) is 4.06. The summed E-state index contributed by atoms with van der Waals surface area (Å²) in [5, 5.41) is 0. The maximum atomic E-state index is 12.6. The number of hydrogen-bond acceptors (Lipinski definition) is 10. The van der Waals surface area contributed by atoms with Crippen LogP contribution >= 0.6 is 7.60 Å². The van der Waals surface area contributed by atoms with Gasteiger partial charge in [-0.3, -0.25) is 4.57 Å². The van der Waals surface area contributed by atoms with Crippen LogP contribution in [0.15, 0.2) is 24.8 Å². The van der Waals surface area contributed by atoms with E-state index in [1.165, 1.54) is 27.7 Å². The molecule has 1 unspecified atom stereocenters. The van der Waals surface area contributed by atoms with Crippen molar-refractivity contribution in [1.82, 2.24) is 19.5 Å². The molecule has 0 radical (unpaired) electrons. The molecule has 11 nitrogen and oxygen atoms in total. The standard InChI is InChI=1S/C15H20N5O6P/c1-23-14(21)15(27(22,24-2)25-3)26-10-5-4-9(6-10)20-8-19-11-12(16)17-7-18-13(11)20/h4-5,7-10,15H,6H2,1-3H3,(H2,16,17,18)/t9-,10+,15?/m0/s1. The first-order valence-corrected chi connectivity index (χ1v) is 9.60. The summed E-state index contributed by atoms with van der Waals surface area (Å²) in [4.78, 5) is 24.4. The van der Waals surface area contributed by atoms with Crippen molar-refractivity contribution < 1.29 is 27.9 Å². The van der Waals surface area contributed by atoms with Gasteiger partial charge in [-0.15, -0.1) is 0 Å². The Hall–Kier alpha value is -2.33. The van der Waals surface area contributed by atoms with Gasteiger partial charge in [0.25, 0.3) is 5.85 Å². The Kier molecular flexibility index (Phi) is 5.56. The topological polar surface area (TPSA) is 141 Å². The van der Waals surface area contributed by atoms with Crippen molar-refractivity contribution in [2.45, 2.75) is 24.4 Å². The van der Waals surface area contributed by atoms with Gasteiger partial charge >= 0.3 is 13.6 Å². The highest BCUT2D eigenvalue weighted by Crippen LogP contribution is 2.53. The number of imidazole rings is 1. The Bertz CT molecular complexity index is 907. The molecular formula is C15H20N5O6P.